The van der Waals surface area contributed by atoms with E-state index in [4.69, 9.17) is 0 Å². The topological polar surface area (TPSA) is 86.5 Å². The molecule has 0 bridgehead atoms. The molecule has 19 heavy (non-hydrogen) atoms. The van der Waals surface area contributed by atoms with Crippen LogP contribution in [0.3, 0.4) is 0 Å². The molecule has 3 aromatic rings. The lowest BCUT2D eigenvalue weighted by atomic mass is 10.1. The largest absolute Gasteiger partial charge is 0.319 e. The molecule has 3 rings (SSSR count). The van der Waals surface area contributed by atoms with E-state index in [1.54, 1.807) is 12.3 Å². The van der Waals surface area contributed by atoms with Gasteiger partial charge >= 0.3 is 0 Å². The fraction of sp³-hybridized carbons (Fsp3) is 0.154. The minimum Gasteiger partial charge on any atom is -0.319 e. The fourth-order valence-corrected chi connectivity index (χ4v) is 2.07. The molecule has 2 aromatic heterocycles. The van der Waals surface area contributed by atoms with Crippen molar-refractivity contribution in [2.45, 2.75) is 13.8 Å². The van der Waals surface area contributed by atoms with E-state index in [1.165, 1.54) is 0 Å². The van der Waals surface area contributed by atoms with E-state index >= 15 is 0 Å². The number of nitrogens with zero attached hydrogens (tertiary/aromatic N) is 2. The number of H-pyrrole nitrogens is 2. The molecule has 0 spiro atoms. The summed E-state index contributed by atoms with van der Waals surface area (Å²) in [6.45, 7) is 3.71. The van der Waals surface area contributed by atoms with Crippen molar-refractivity contribution in [2.75, 3.05) is 5.32 Å². The van der Waals surface area contributed by atoms with Gasteiger partial charge in [0.1, 0.15) is 0 Å². The van der Waals surface area contributed by atoms with Gasteiger partial charge in [0.05, 0.1) is 34.4 Å². The molecular formula is C13H13N5O. The van der Waals surface area contributed by atoms with Gasteiger partial charge in [-0.3, -0.25) is 15.0 Å². The van der Waals surface area contributed by atoms with E-state index < -0.39 is 0 Å². The van der Waals surface area contributed by atoms with Gasteiger partial charge in [0.15, 0.2) is 0 Å². The maximum absolute atomic E-state index is 12.3. The van der Waals surface area contributed by atoms with E-state index in [1.807, 2.05) is 26.0 Å². The Kier molecular flexibility index (Phi) is 2.56. The molecule has 0 radical (unpaired) electrons. The highest BCUT2D eigenvalue weighted by Gasteiger charge is 2.14. The van der Waals surface area contributed by atoms with Crippen molar-refractivity contribution >= 4 is 22.5 Å². The number of hydrogen-bond acceptors (Lipinski definition) is 3. The maximum Gasteiger partial charge on any atom is 0.257 e. The second-order valence-corrected chi connectivity index (χ2v) is 4.40. The maximum atomic E-state index is 12.3. The standard InChI is InChI=1S/C13H13N5O/c1-7-11(8(2)17-16-7)15-13(19)10-5-3-4-9-6-14-18-12(9)10/h3-6H,1-2H3,(H,14,18)(H,15,19)(H,16,17). The molecule has 0 aliphatic carbocycles. The van der Waals surface area contributed by atoms with E-state index in [0.717, 1.165) is 28.0 Å². The van der Waals surface area contributed by atoms with Crippen LogP contribution in [-0.2, 0) is 0 Å². The molecule has 0 saturated heterocycles. The third-order valence-electron chi connectivity index (χ3n) is 3.09. The number of rotatable bonds is 2. The number of carbonyl (C=O) groups is 1. The number of aromatic amines is 2. The lowest BCUT2D eigenvalue weighted by Gasteiger charge is -2.06. The van der Waals surface area contributed by atoms with Gasteiger partial charge in [-0.1, -0.05) is 12.1 Å². The summed E-state index contributed by atoms with van der Waals surface area (Å²) < 4.78 is 0. The van der Waals surface area contributed by atoms with Gasteiger partial charge < -0.3 is 5.32 Å². The summed E-state index contributed by atoms with van der Waals surface area (Å²) >= 11 is 0. The Labute approximate surface area is 109 Å². The zero-order valence-electron chi connectivity index (χ0n) is 10.6. The second kappa shape index (κ2) is 4.24. The highest BCUT2D eigenvalue weighted by Crippen LogP contribution is 2.20. The van der Waals surface area contributed by atoms with Gasteiger partial charge in [0.25, 0.3) is 5.91 Å². The number of benzene rings is 1. The Morgan fingerprint density at radius 3 is 2.84 bits per heavy atom. The van der Waals surface area contributed by atoms with E-state index in [2.05, 4.69) is 25.7 Å². The van der Waals surface area contributed by atoms with E-state index in [-0.39, 0.29) is 5.91 Å². The number of aromatic nitrogens is 4. The fourth-order valence-electron chi connectivity index (χ4n) is 2.07. The molecule has 2 heterocycles. The van der Waals surface area contributed by atoms with Crippen LogP contribution in [0.15, 0.2) is 24.4 Å². The first-order valence-corrected chi connectivity index (χ1v) is 5.92. The number of nitrogens with one attached hydrogen (secondary N) is 3. The molecule has 3 N–H and O–H groups in total. The predicted molar refractivity (Wildman–Crippen MR) is 72.1 cm³/mol. The predicted octanol–water partition coefficient (Wildman–Crippen LogP) is 2.16. The number of amides is 1. The molecule has 0 unspecified atom stereocenters. The van der Waals surface area contributed by atoms with E-state index in [9.17, 15) is 4.79 Å². The molecule has 96 valence electrons. The van der Waals surface area contributed by atoms with Gasteiger partial charge in [0.2, 0.25) is 0 Å². The Balaban J connectivity index is 1.99. The van der Waals surface area contributed by atoms with Crippen molar-refractivity contribution in [2.24, 2.45) is 0 Å². The number of carbonyl (C=O) groups excluding carboxylic acids is 1. The van der Waals surface area contributed by atoms with Crippen LogP contribution < -0.4 is 5.32 Å². The zero-order chi connectivity index (χ0) is 13.4. The molecule has 0 fully saturated rings. The molecule has 0 saturated carbocycles. The summed E-state index contributed by atoms with van der Waals surface area (Å²) in [5, 5.41) is 17.5. The smallest absolute Gasteiger partial charge is 0.257 e. The molecule has 1 aromatic carbocycles. The molecule has 6 nitrogen and oxygen atoms in total. The number of hydrogen-bond donors (Lipinski definition) is 3. The van der Waals surface area contributed by atoms with Crippen LogP contribution in [-0.4, -0.2) is 26.3 Å². The van der Waals surface area contributed by atoms with Gasteiger partial charge in [-0.2, -0.15) is 10.2 Å². The Morgan fingerprint density at radius 1 is 1.26 bits per heavy atom. The minimum atomic E-state index is -0.178. The third-order valence-corrected chi connectivity index (χ3v) is 3.09. The first-order valence-electron chi connectivity index (χ1n) is 5.92. The van der Waals surface area contributed by atoms with Crippen molar-refractivity contribution in [3.05, 3.63) is 41.3 Å². The van der Waals surface area contributed by atoms with Crippen LogP contribution >= 0.6 is 0 Å². The number of para-hydroxylation sites is 1. The lowest BCUT2D eigenvalue weighted by molar-refractivity contribution is 0.102. The zero-order valence-corrected chi connectivity index (χ0v) is 10.6. The monoisotopic (exact) mass is 255 g/mol. The summed E-state index contributed by atoms with van der Waals surface area (Å²) in [6, 6.07) is 5.51. The summed E-state index contributed by atoms with van der Waals surface area (Å²) in [5.74, 6) is -0.178. The summed E-state index contributed by atoms with van der Waals surface area (Å²) in [6.07, 6.45) is 1.69. The van der Waals surface area contributed by atoms with Crippen LogP contribution in [0.5, 0.6) is 0 Å². The van der Waals surface area contributed by atoms with Crippen LogP contribution in [0, 0.1) is 13.8 Å². The van der Waals surface area contributed by atoms with Gasteiger partial charge in [-0.15, -0.1) is 0 Å². The molecular weight excluding hydrogens is 242 g/mol. The van der Waals surface area contributed by atoms with E-state index in [0.29, 0.717) is 5.56 Å². The number of fused-ring (bicyclic) bond motifs is 1. The molecule has 0 aliphatic heterocycles. The van der Waals surface area contributed by atoms with Crippen LogP contribution in [0.2, 0.25) is 0 Å². The Bertz CT molecular complexity index is 736. The average molecular weight is 255 g/mol. The highest BCUT2D eigenvalue weighted by atomic mass is 16.1. The summed E-state index contributed by atoms with van der Waals surface area (Å²) in [4.78, 5) is 12.3. The summed E-state index contributed by atoms with van der Waals surface area (Å²) in [5.41, 5.74) is 3.63. The molecule has 0 atom stereocenters. The third kappa shape index (κ3) is 1.87. The van der Waals surface area contributed by atoms with Crippen LogP contribution in [0.1, 0.15) is 21.7 Å². The van der Waals surface area contributed by atoms with Gasteiger partial charge in [0, 0.05) is 5.39 Å². The SMILES string of the molecule is Cc1n[nH]c(C)c1NC(=O)c1cccc2cn[nH]c12. The Morgan fingerprint density at radius 2 is 2.11 bits per heavy atom. The van der Waals surface area contributed by atoms with Crippen molar-refractivity contribution in [1.29, 1.82) is 0 Å². The first kappa shape index (κ1) is 11.5. The van der Waals surface area contributed by atoms with Crippen molar-refractivity contribution in [3.8, 4) is 0 Å². The normalized spacial score (nSPS) is 10.8. The average Bonchev–Trinajstić information content (AvgIpc) is 2.99. The molecule has 6 heteroatoms. The lowest BCUT2D eigenvalue weighted by Crippen LogP contribution is -2.13. The Hall–Kier alpha value is -2.63. The van der Waals surface area contributed by atoms with Crippen molar-refractivity contribution < 1.29 is 4.79 Å². The van der Waals surface area contributed by atoms with Gasteiger partial charge in [-0.25, -0.2) is 0 Å². The van der Waals surface area contributed by atoms with Crippen molar-refractivity contribution in [3.63, 3.8) is 0 Å². The van der Waals surface area contributed by atoms with Crippen LogP contribution in [0.4, 0.5) is 5.69 Å². The quantitative estimate of drug-likeness (QED) is 0.655. The number of aryl methyl sites for hydroxylation is 2. The van der Waals surface area contributed by atoms with Gasteiger partial charge in [-0.05, 0) is 19.9 Å². The van der Waals surface area contributed by atoms with Crippen LogP contribution in [0.25, 0.3) is 10.9 Å². The summed E-state index contributed by atoms with van der Waals surface area (Å²) in [7, 11) is 0. The molecule has 0 aliphatic rings. The molecule has 1 amide bonds. The number of anilines is 1. The first-order chi connectivity index (χ1) is 9.16. The van der Waals surface area contributed by atoms with Crippen molar-refractivity contribution in [1.82, 2.24) is 20.4 Å². The second-order valence-electron chi connectivity index (χ2n) is 4.40. The minimum absolute atomic E-state index is 0.178. The highest BCUT2D eigenvalue weighted by molar-refractivity contribution is 6.12.